The first-order valence-electron chi connectivity index (χ1n) is 5.61. The summed E-state index contributed by atoms with van der Waals surface area (Å²) in [6.45, 7) is 3.64. The number of carboxylic acids is 1. The van der Waals surface area contributed by atoms with Gasteiger partial charge in [-0.1, -0.05) is 31.9 Å². The predicted octanol–water partition coefficient (Wildman–Crippen LogP) is 1.96. The molecule has 98 valence electrons. The fraction of sp³-hybridized carbons (Fsp3) is 0.417. The molecule has 1 heterocycles. The molecule has 18 heavy (non-hydrogen) atoms. The van der Waals surface area contributed by atoms with Gasteiger partial charge in [-0.2, -0.15) is 0 Å². The summed E-state index contributed by atoms with van der Waals surface area (Å²) < 4.78 is 0. The Morgan fingerprint density at radius 2 is 2.17 bits per heavy atom. The second-order valence-corrected chi connectivity index (χ2v) is 4.47. The molecule has 0 aliphatic heterocycles. The van der Waals surface area contributed by atoms with Gasteiger partial charge in [-0.3, -0.25) is 4.79 Å². The van der Waals surface area contributed by atoms with Gasteiger partial charge < -0.3 is 10.4 Å². The van der Waals surface area contributed by atoms with E-state index in [2.05, 4.69) is 10.3 Å². The molecule has 1 aromatic rings. The van der Waals surface area contributed by atoms with Crippen LogP contribution in [0.3, 0.4) is 0 Å². The molecule has 2 N–H and O–H groups in total. The zero-order chi connectivity index (χ0) is 13.7. The van der Waals surface area contributed by atoms with E-state index in [0.717, 1.165) is 0 Å². The number of nitrogens with one attached hydrogen (secondary N) is 1. The Morgan fingerprint density at radius 1 is 1.50 bits per heavy atom. The molecule has 0 aliphatic rings. The maximum atomic E-state index is 11.8. The zero-order valence-corrected chi connectivity index (χ0v) is 10.9. The molecule has 0 aliphatic carbocycles. The van der Waals surface area contributed by atoms with Crippen molar-refractivity contribution in [3.05, 3.63) is 29.0 Å². The summed E-state index contributed by atoms with van der Waals surface area (Å²) in [4.78, 5) is 26.7. The summed E-state index contributed by atoms with van der Waals surface area (Å²) in [6, 6.07) is 2.07. The lowest BCUT2D eigenvalue weighted by Gasteiger charge is -2.19. The predicted molar refractivity (Wildman–Crippen MR) is 67.6 cm³/mol. The number of carbonyl (C=O) groups is 2. The quantitative estimate of drug-likeness (QED) is 0.857. The number of carbonyl (C=O) groups excluding carboxylic acids is 1. The van der Waals surface area contributed by atoms with Crippen LogP contribution in [-0.2, 0) is 4.79 Å². The number of halogens is 1. The van der Waals surface area contributed by atoms with Crippen molar-refractivity contribution in [3.63, 3.8) is 0 Å². The van der Waals surface area contributed by atoms with E-state index in [4.69, 9.17) is 16.7 Å². The largest absolute Gasteiger partial charge is 0.480 e. The summed E-state index contributed by atoms with van der Waals surface area (Å²) in [6.07, 6.45) is 2.00. The fourth-order valence-electron chi connectivity index (χ4n) is 1.41. The fourth-order valence-corrected chi connectivity index (χ4v) is 1.52. The van der Waals surface area contributed by atoms with Crippen molar-refractivity contribution < 1.29 is 14.7 Å². The topological polar surface area (TPSA) is 79.3 Å². The summed E-state index contributed by atoms with van der Waals surface area (Å²) in [5, 5.41) is 11.9. The lowest BCUT2D eigenvalue weighted by Crippen LogP contribution is -2.45. The molecule has 0 saturated carbocycles. The van der Waals surface area contributed by atoms with Crippen LogP contribution in [0.4, 0.5) is 0 Å². The standard InChI is InChI=1S/C12H15ClN2O3/c1-3-7(2)10(12(17)18)15-11(16)9-5-4-8(13)6-14-9/h4-7,10H,3H2,1-2H3,(H,15,16)(H,17,18)/t7?,10-/m0/s1. The maximum Gasteiger partial charge on any atom is 0.326 e. The third kappa shape index (κ3) is 3.70. The minimum Gasteiger partial charge on any atom is -0.480 e. The van der Waals surface area contributed by atoms with Gasteiger partial charge >= 0.3 is 5.97 Å². The highest BCUT2D eigenvalue weighted by Crippen LogP contribution is 2.10. The van der Waals surface area contributed by atoms with Gasteiger partial charge in [0.1, 0.15) is 11.7 Å². The number of aliphatic carboxylic acids is 1. The smallest absolute Gasteiger partial charge is 0.326 e. The maximum absolute atomic E-state index is 11.8. The highest BCUT2D eigenvalue weighted by molar-refractivity contribution is 6.30. The molecule has 0 fully saturated rings. The molecule has 0 spiro atoms. The van der Waals surface area contributed by atoms with Gasteiger partial charge in [-0.05, 0) is 18.1 Å². The Labute approximate surface area is 110 Å². The molecular formula is C12H15ClN2O3. The monoisotopic (exact) mass is 270 g/mol. The Kier molecular flexibility index (Phi) is 5.09. The lowest BCUT2D eigenvalue weighted by atomic mass is 9.99. The van der Waals surface area contributed by atoms with E-state index < -0.39 is 17.9 Å². The van der Waals surface area contributed by atoms with Crippen LogP contribution in [0, 0.1) is 5.92 Å². The minimum absolute atomic E-state index is 0.147. The Bertz CT molecular complexity index is 433. The Morgan fingerprint density at radius 3 is 2.61 bits per heavy atom. The van der Waals surface area contributed by atoms with Gasteiger partial charge in [-0.15, -0.1) is 0 Å². The first kappa shape index (κ1) is 14.4. The molecule has 0 aromatic carbocycles. The van der Waals surface area contributed by atoms with E-state index in [1.54, 1.807) is 6.92 Å². The number of carboxylic acid groups (broad SMARTS) is 1. The Hall–Kier alpha value is -1.62. The third-order valence-electron chi connectivity index (χ3n) is 2.73. The van der Waals surface area contributed by atoms with Gasteiger partial charge in [0.05, 0.1) is 5.02 Å². The summed E-state index contributed by atoms with van der Waals surface area (Å²) in [7, 11) is 0. The first-order valence-corrected chi connectivity index (χ1v) is 5.98. The van der Waals surface area contributed by atoms with Gasteiger partial charge in [0.2, 0.25) is 0 Å². The van der Waals surface area contributed by atoms with Crippen LogP contribution in [0.5, 0.6) is 0 Å². The van der Waals surface area contributed by atoms with Crippen LogP contribution in [0.2, 0.25) is 5.02 Å². The van der Waals surface area contributed by atoms with Gasteiger partial charge in [0.25, 0.3) is 5.91 Å². The molecule has 1 aromatic heterocycles. The van der Waals surface area contributed by atoms with Crippen LogP contribution in [0.1, 0.15) is 30.8 Å². The minimum atomic E-state index is -1.05. The van der Waals surface area contributed by atoms with E-state index in [1.807, 2.05) is 6.92 Å². The van der Waals surface area contributed by atoms with E-state index >= 15 is 0 Å². The number of nitrogens with zero attached hydrogens (tertiary/aromatic N) is 1. The van der Waals surface area contributed by atoms with E-state index in [9.17, 15) is 9.59 Å². The van der Waals surface area contributed by atoms with Crippen molar-refractivity contribution in [2.24, 2.45) is 5.92 Å². The molecule has 0 radical (unpaired) electrons. The molecule has 1 rings (SSSR count). The molecule has 6 heteroatoms. The van der Waals surface area contributed by atoms with Crippen molar-refractivity contribution in [2.45, 2.75) is 26.3 Å². The molecule has 2 atom stereocenters. The molecular weight excluding hydrogens is 256 g/mol. The second-order valence-electron chi connectivity index (χ2n) is 4.04. The molecule has 0 saturated heterocycles. The number of hydrogen-bond donors (Lipinski definition) is 2. The molecule has 0 bridgehead atoms. The summed E-state index contributed by atoms with van der Waals surface area (Å²) in [5.74, 6) is -1.72. The van der Waals surface area contributed by atoms with Gasteiger partial charge in [0.15, 0.2) is 0 Å². The van der Waals surface area contributed by atoms with E-state index in [1.165, 1.54) is 18.3 Å². The number of aromatic nitrogens is 1. The number of rotatable bonds is 5. The third-order valence-corrected chi connectivity index (χ3v) is 2.95. The van der Waals surface area contributed by atoms with Crippen LogP contribution in [0.15, 0.2) is 18.3 Å². The molecule has 1 amide bonds. The average Bonchev–Trinajstić information content (AvgIpc) is 2.35. The highest BCUT2D eigenvalue weighted by atomic mass is 35.5. The SMILES string of the molecule is CCC(C)[C@H](NC(=O)c1ccc(Cl)cn1)C(=O)O. The number of hydrogen-bond acceptors (Lipinski definition) is 3. The average molecular weight is 271 g/mol. The van der Waals surface area contributed by atoms with Crippen molar-refractivity contribution in [2.75, 3.05) is 0 Å². The van der Waals surface area contributed by atoms with Crippen LogP contribution >= 0.6 is 11.6 Å². The highest BCUT2D eigenvalue weighted by Gasteiger charge is 2.25. The van der Waals surface area contributed by atoms with Crippen LogP contribution in [0.25, 0.3) is 0 Å². The van der Waals surface area contributed by atoms with Crippen LogP contribution in [-0.4, -0.2) is 28.0 Å². The molecule has 1 unspecified atom stereocenters. The lowest BCUT2D eigenvalue weighted by molar-refractivity contribution is -0.140. The number of pyridine rings is 1. The van der Waals surface area contributed by atoms with Crippen molar-refractivity contribution in [1.29, 1.82) is 0 Å². The first-order chi connectivity index (χ1) is 8.45. The van der Waals surface area contributed by atoms with E-state index in [0.29, 0.717) is 11.4 Å². The van der Waals surface area contributed by atoms with Crippen molar-refractivity contribution in [3.8, 4) is 0 Å². The second kappa shape index (κ2) is 6.35. The van der Waals surface area contributed by atoms with Crippen molar-refractivity contribution >= 4 is 23.5 Å². The van der Waals surface area contributed by atoms with Gasteiger partial charge in [0, 0.05) is 6.20 Å². The zero-order valence-electron chi connectivity index (χ0n) is 10.2. The summed E-state index contributed by atoms with van der Waals surface area (Å²) >= 11 is 5.66. The Balaban J connectivity index is 2.78. The normalized spacial score (nSPS) is 13.7. The van der Waals surface area contributed by atoms with E-state index in [-0.39, 0.29) is 11.6 Å². The van der Waals surface area contributed by atoms with Crippen molar-refractivity contribution in [1.82, 2.24) is 10.3 Å². The summed E-state index contributed by atoms with van der Waals surface area (Å²) in [5.41, 5.74) is 0.147. The van der Waals surface area contributed by atoms with Crippen LogP contribution < -0.4 is 5.32 Å². The number of amides is 1. The van der Waals surface area contributed by atoms with Gasteiger partial charge in [-0.25, -0.2) is 9.78 Å². The molecule has 5 nitrogen and oxygen atoms in total.